The highest BCUT2D eigenvalue weighted by atomic mass is 35.5. The van der Waals surface area contributed by atoms with Crippen molar-refractivity contribution in [2.45, 2.75) is 82.3 Å². The van der Waals surface area contributed by atoms with Crippen LogP contribution in [0.1, 0.15) is 91.9 Å². The van der Waals surface area contributed by atoms with Gasteiger partial charge in [-0.25, -0.2) is 13.6 Å². The maximum absolute atomic E-state index is 16.1. The van der Waals surface area contributed by atoms with E-state index in [1.54, 1.807) is 25.2 Å². The number of ether oxygens (including phenoxy) is 1. The molecule has 17 heteroatoms. The molecule has 7 rings (SSSR count). The minimum absolute atomic E-state index is 0.0548. The fourth-order valence-corrected chi connectivity index (χ4v) is 9.45. The van der Waals surface area contributed by atoms with Gasteiger partial charge in [-0.3, -0.25) is 33.6 Å². The molecule has 2 fully saturated rings. The summed E-state index contributed by atoms with van der Waals surface area (Å²) in [5.41, 5.74) is -0.687. The molecule has 0 spiro atoms. The number of carbonyl (C=O) groups excluding carboxylic acids is 4. The van der Waals surface area contributed by atoms with E-state index in [0.29, 0.717) is 29.4 Å². The van der Waals surface area contributed by atoms with Crippen molar-refractivity contribution in [3.63, 3.8) is 0 Å². The molecule has 0 bridgehead atoms. The summed E-state index contributed by atoms with van der Waals surface area (Å²) in [6, 6.07) is 17.3. The number of hydrogen-bond acceptors (Lipinski definition) is 8. The van der Waals surface area contributed by atoms with Gasteiger partial charge in [-0.05, 0) is 78.8 Å². The van der Waals surface area contributed by atoms with E-state index in [1.807, 2.05) is 20.8 Å². The quantitative estimate of drug-likeness (QED) is 0.0601. The molecule has 13 nitrogen and oxygen atoms in total. The third-order valence-electron chi connectivity index (χ3n) is 12.1. The summed E-state index contributed by atoms with van der Waals surface area (Å²) in [5.74, 6) is 1.43. The Labute approximate surface area is 389 Å². The molecule has 0 aliphatic carbocycles. The number of nitrogens with one attached hydrogen (secondary N) is 4. The van der Waals surface area contributed by atoms with Gasteiger partial charge in [0.15, 0.2) is 0 Å². The zero-order chi connectivity index (χ0) is 47.7. The minimum atomic E-state index is -1.83. The van der Waals surface area contributed by atoms with Gasteiger partial charge in [0.05, 0.1) is 46.5 Å². The number of hydrogen-bond donors (Lipinski definition) is 4. The summed E-state index contributed by atoms with van der Waals surface area (Å²) in [5, 5.41) is 22.3. The predicted octanol–water partition coefficient (Wildman–Crippen LogP) is 7.43. The molecule has 5 atom stereocenters. The summed E-state index contributed by atoms with van der Waals surface area (Å²) in [7, 11) is 2.97. The first kappa shape index (κ1) is 47.4. The fourth-order valence-electron chi connectivity index (χ4n) is 9.11. The van der Waals surface area contributed by atoms with Crippen molar-refractivity contribution < 1.29 is 32.7 Å². The first-order valence-corrected chi connectivity index (χ1v) is 22.0. The first-order chi connectivity index (χ1) is 31.4. The van der Waals surface area contributed by atoms with Crippen molar-refractivity contribution in [1.29, 1.82) is 5.26 Å². The van der Waals surface area contributed by atoms with Crippen molar-refractivity contribution in [3.05, 3.63) is 127 Å². The van der Waals surface area contributed by atoms with Gasteiger partial charge in [0, 0.05) is 54.5 Å². The molecule has 5 aromatic rings. The molecule has 4 N–H and O–H groups in total. The van der Waals surface area contributed by atoms with Crippen LogP contribution in [-0.4, -0.2) is 58.5 Å². The summed E-state index contributed by atoms with van der Waals surface area (Å²) in [6.45, 7) is 6.09. The van der Waals surface area contributed by atoms with Crippen LogP contribution in [0.3, 0.4) is 0 Å². The number of piperidine rings is 1. The predicted molar refractivity (Wildman–Crippen MR) is 246 cm³/mol. The fraction of sp³-hybridized carbons (Fsp3) is 0.347. The van der Waals surface area contributed by atoms with Gasteiger partial charge in [-0.1, -0.05) is 80.1 Å². The molecule has 2 aliphatic rings. The van der Waals surface area contributed by atoms with Crippen LogP contribution in [0.4, 0.5) is 14.5 Å². The van der Waals surface area contributed by atoms with Gasteiger partial charge >= 0.3 is 5.69 Å². The second-order valence-corrected chi connectivity index (χ2v) is 18.4. The number of amides is 4. The van der Waals surface area contributed by atoms with Crippen molar-refractivity contribution in [3.8, 4) is 23.7 Å². The number of anilines is 1. The highest BCUT2D eigenvalue weighted by molar-refractivity contribution is 6.31. The number of nitrogens with zero attached hydrogens (tertiary/aromatic N) is 3. The molecule has 1 aromatic heterocycles. The molecule has 0 radical (unpaired) electrons. The number of aromatic nitrogens is 2. The highest BCUT2D eigenvalue weighted by Gasteiger charge is 2.61. The zero-order valence-corrected chi connectivity index (χ0v) is 38.3. The third kappa shape index (κ3) is 9.16. The molecule has 0 saturated carbocycles. The molecule has 3 heterocycles. The zero-order valence-electron chi connectivity index (χ0n) is 36.8. The number of halogens is 4. The van der Waals surface area contributed by atoms with Crippen LogP contribution in [0.25, 0.3) is 11.0 Å². The Hall–Kier alpha value is -6.52. The van der Waals surface area contributed by atoms with Crippen molar-refractivity contribution in [1.82, 2.24) is 25.1 Å². The minimum Gasteiger partial charge on any atom is -0.495 e. The molecular formula is C49H47Cl2F2N7O6. The number of carbonyl (C=O) groups is 4. The van der Waals surface area contributed by atoms with E-state index in [2.05, 4.69) is 39.2 Å². The van der Waals surface area contributed by atoms with Crippen LogP contribution in [-0.2, 0) is 26.8 Å². The average molecular weight is 939 g/mol. The van der Waals surface area contributed by atoms with E-state index < -0.39 is 69.9 Å². The van der Waals surface area contributed by atoms with Gasteiger partial charge in [0.25, 0.3) is 5.91 Å². The van der Waals surface area contributed by atoms with Gasteiger partial charge in [0.2, 0.25) is 17.7 Å². The lowest BCUT2D eigenvalue weighted by Gasteiger charge is -2.37. The molecule has 4 amide bonds. The monoisotopic (exact) mass is 937 g/mol. The molecule has 66 heavy (non-hydrogen) atoms. The van der Waals surface area contributed by atoms with Crippen LogP contribution >= 0.6 is 23.2 Å². The van der Waals surface area contributed by atoms with Crippen molar-refractivity contribution in [2.24, 2.45) is 12.5 Å². The molecule has 342 valence electrons. The van der Waals surface area contributed by atoms with E-state index in [-0.39, 0.29) is 69.9 Å². The van der Waals surface area contributed by atoms with E-state index in [9.17, 15) is 29.2 Å². The van der Waals surface area contributed by atoms with Crippen LogP contribution in [0.15, 0.2) is 77.6 Å². The topological polar surface area (TPSA) is 176 Å². The second-order valence-electron chi connectivity index (χ2n) is 17.6. The van der Waals surface area contributed by atoms with E-state index in [1.165, 1.54) is 64.8 Å². The SMILES string of the molecule is COc1cc(C(=O)NCCCC#Cc2cccc3c2n(C)c(=O)n3C2CCC(=O)NC2=O)ccc1NC(=O)[C@@H]1N[C@@H](CC(C)(C)C)[C@](C#N)(c2ccc(Cl)cc2F)[C@H]1c1cccc(Cl)c1F. The van der Waals surface area contributed by atoms with Crippen molar-refractivity contribution in [2.75, 3.05) is 19.0 Å². The maximum Gasteiger partial charge on any atom is 0.329 e. The lowest BCUT2D eigenvalue weighted by Crippen LogP contribution is -2.45. The Bertz CT molecular complexity index is 2950. The molecule has 1 unspecified atom stereocenters. The smallest absolute Gasteiger partial charge is 0.329 e. The van der Waals surface area contributed by atoms with Gasteiger partial charge in [-0.2, -0.15) is 5.26 Å². The summed E-state index contributed by atoms with van der Waals surface area (Å²) in [6.07, 6.45) is 1.51. The number of methoxy groups -OCH3 is 1. The lowest BCUT2D eigenvalue weighted by molar-refractivity contribution is -0.135. The standard InChI is InChI=1S/C49H47Cl2F2N7O6/c1-48(2,3)25-38-49(26-54,31-18-17-29(50)24-33(31)52)40(30-13-10-14-32(51)41(30)53)42(57-38)46(64)56-34-19-16-28(23-37(34)66-5)44(62)55-22-8-6-7-11-27-12-9-15-35-43(27)59(4)47(65)60(35)36-20-21-39(61)58-45(36)63/h9-10,12-19,23-24,36,38,40,42,57H,6,8,20-22,25H2,1-5H3,(H,55,62)(H,56,64)(H,58,61,63)/t36?,38-,40-,42+,49-/m0/s1. The Morgan fingerprint density at radius 2 is 1.79 bits per heavy atom. The van der Waals surface area contributed by atoms with Gasteiger partial charge in [-0.15, -0.1) is 0 Å². The normalized spacial score (nSPS) is 20.5. The number of unbranched alkanes of at least 4 members (excludes halogenated alkanes) is 1. The molecule has 2 aliphatic heterocycles. The second kappa shape index (κ2) is 19.1. The van der Waals surface area contributed by atoms with Crippen LogP contribution in [0.5, 0.6) is 5.75 Å². The van der Waals surface area contributed by atoms with E-state index in [0.717, 1.165) is 6.07 Å². The first-order valence-electron chi connectivity index (χ1n) is 21.3. The lowest BCUT2D eigenvalue weighted by atomic mass is 9.62. The largest absolute Gasteiger partial charge is 0.495 e. The van der Waals surface area contributed by atoms with Gasteiger partial charge < -0.3 is 20.7 Å². The number of imide groups is 1. The Balaban J connectivity index is 1.07. The molecule has 2 saturated heterocycles. The number of benzene rings is 4. The highest BCUT2D eigenvalue weighted by Crippen LogP contribution is 2.53. The third-order valence-corrected chi connectivity index (χ3v) is 12.6. The van der Waals surface area contributed by atoms with Crippen LogP contribution < -0.4 is 31.7 Å². The number of para-hydroxylation sites is 1. The van der Waals surface area contributed by atoms with E-state index >= 15 is 8.78 Å². The molecule has 4 aromatic carbocycles. The number of rotatable bonds is 11. The number of imidazole rings is 1. The summed E-state index contributed by atoms with van der Waals surface area (Å²) < 4.78 is 40.6. The van der Waals surface area contributed by atoms with Gasteiger partial charge in [0.1, 0.15) is 28.8 Å². The van der Waals surface area contributed by atoms with Crippen LogP contribution in [0, 0.1) is 40.2 Å². The van der Waals surface area contributed by atoms with E-state index in [4.69, 9.17) is 27.9 Å². The summed E-state index contributed by atoms with van der Waals surface area (Å²) >= 11 is 12.4. The number of aryl methyl sites for hydroxylation is 1. The Morgan fingerprint density at radius 1 is 1.03 bits per heavy atom. The molecular weight excluding hydrogens is 891 g/mol. The van der Waals surface area contributed by atoms with Crippen LogP contribution in [0.2, 0.25) is 10.0 Å². The maximum atomic E-state index is 16.1. The average Bonchev–Trinajstić information content (AvgIpc) is 3.72. The summed E-state index contributed by atoms with van der Waals surface area (Å²) in [4.78, 5) is 65.4. The van der Waals surface area contributed by atoms with Crippen molar-refractivity contribution >= 4 is 63.6 Å². The Kier molecular flexibility index (Phi) is 13.8. The Morgan fingerprint density at radius 3 is 2.48 bits per heavy atom. The number of fused-ring (bicyclic) bond motifs is 1. The number of nitriles is 1.